The Kier molecular flexibility index (Phi) is 1.62. The van der Waals surface area contributed by atoms with Crippen LogP contribution in [0, 0.1) is 0 Å². The van der Waals surface area contributed by atoms with E-state index in [0.29, 0.717) is 4.60 Å². The number of nitrogens with zero attached hydrogens (tertiary/aromatic N) is 2. The van der Waals surface area contributed by atoms with Gasteiger partial charge in [-0.25, -0.2) is 9.07 Å². The highest BCUT2D eigenvalue weighted by atomic mass is 79.9. The van der Waals surface area contributed by atoms with Crippen LogP contribution in [-0.4, -0.2) is 9.78 Å². The van der Waals surface area contributed by atoms with Gasteiger partial charge in [-0.05, 0) is 22.0 Å². The lowest BCUT2D eigenvalue weighted by molar-refractivity contribution is 0.349. The van der Waals surface area contributed by atoms with Gasteiger partial charge in [-0.15, -0.1) is 0 Å². The lowest BCUT2D eigenvalue weighted by Crippen LogP contribution is -1.91. The first-order valence-corrected chi connectivity index (χ1v) is 2.87. The molecule has 1 rings (SSSR count). The SMILES string of the molecule is FCn1ccc(Br)n1. The lowest BCUT2D eigenvalue weighted by atomic mass is 10.8. The first-order valence-electron chi connectivity index (χ1n) is 2.08. The molecule has 0 unspecified atom stereocenters. The molecule has 0 fully saturated rings. The van der Waals surface area contributed by atoms with E-state index in [-0.39, 0.29) is 0 Å². The van der Waals surface area contributed by atoms with Gasteiger partial charge < -0.3 is 0 Å². The molecule has 0 bridgehead atoms. The van der Waals surface area contributed by atoms with Gasteiger partial charge in [0.05, 0.1) is 0 Å². The van der Waals surface area contributed by atoms with Gasteiger partial charge in [0.15, 0.2) is 6.80 Å². The van der Waals surface area contributed by atoms with Gasteiger partial charge in [-0.2, -0.15) is 5.10 Å². The molecule has 2 nitrogen and oxygen atoms in total. The molecule has 1 heterocycles. The van der Waals surface area contributed by atoms with E-state index in [2.05, 4.69) is 21.0 Å². The topological polar surface area (TPSA) is 17.8 Å². The first-order chi connectivity index (χ1) is 3.83. The van der Waals surface area contributed by atoms with Crippen LogP contribution in [0.2, 0.25) is 0 Å². The minimum absolute atomic E-state index is 0.564. The molecule has 1 aromatic heterocycles. The van der Waals surface area contributed by atoms with Crippen LogP contribution in [0.1, 0.15) is 0 Å². The molecule has 0 amide bonds. The fourth-order valence-electron chi connectivity index (χ4n) is 0.403. The van der Waals surface area contributed by atoms with Crippen molar-refractivity contribution in [3.8, 4) is 0 Å². The minimum atomic E-state index is -0.564. The first kappa shape index (κ1) is 5.75. The van der Waals surface area contributed by atoms with Gasteiger partial charge in [0.1, 0.15) is 4.60 Å². The van der Waals surface area contributed by atoms with Crippen molar-refractivity contribution in [1.82, 2.24) is 9.78 Å². The van der Waals surface area contributed by atoms with Crippen molar-refractivity contribution in [3.63, 3.8) is 0 Å². The van der Waals surface area contributed by atoms with Crippen LogP contribution in [0.4, 0.5) is 4.39 Å². The zero-order chi connectivity index (χ0) is 5.98. The Labute approximate surface area is 54.4 Å². The van der Waals surface area contributed by atoms with E-state index in [1.165, 1.54) is 4.68 Å². The molecule has 44 valence electrons. The monoisotopic (exact) mass is 178 g/mol. The zero-order valence-corrected chi connectivity index (χ0v) is 5.60. The molecule has 0 aliphatic carbocycles. The van der Waals surface area contributed by atoms with Crippen LogP contribution in [-0.2, 0) is 6.80 Å². The summed E-state index contributed by atoms with van der Waals surface area (Å²) in [4.78, 5) is 0. The molecule has 1 aromatic rings. The Bertz CT molecular complexity index is 174. The average Bonchev–Trinajstić information content (AvgIpc) is 2.14. The fraction of sp³-hybridized carbons (Fsp3) is 0.250. The summed E-state index contributed by atoms with van der Waals surface area (Å²) < 4.78 is 13.5. The van der Waals surface area contributed by atoms with E-state index < -0.39 is 6.80 Å². The average molecular weight is 179 g/mol. The molecule has 0 saturated carbocycles. The molecule has 0 N–H and O–H groups in total. The van der Waals surface area contributed by atoms with Gasteiger partial charge in [-0.1, -0.05) is 0 Å². The Morgan fingerprint density at radius 2 is 2.62 bits per heavy atom. The van der Waals surface area contributed by atoms with Gasteiger partial charge in [0, 0.05) is 6.20 Å². The van der Waals surface area contributed by atoms with E-state index in [4.69, 9.17) is 0 Å². The van der Waals surface area contributed by atoms with Crippen molar-refractivity contribution in [1.29, 1.82) is 0 Å². The summed E-state index contributed by atoms with van der Waals surface area (Å²) in [7, 11) is 0. The molecule has 0 atom stereocenters. The van der Waals surface area contributed by atoms with Gasteiger partial charge >= 0.3 is 0 Å². The molecular weight excluding hydrogens is 175 g/mol. The molecule has 8 heavy (non-hydrogen) atoms. The van der Waals surface area contributed by atoms with E-state index in [1.54, 1.807) is 12.3 Å². The predicted molar refractivity (Wildman–Crippen MR) is 31.0 cm³/mol. The maximum absolute atomic E-state index is 11.6. The largest absolute Gasteiger partial charge is 0.241 e. The van der Waals surface area contributed by atoms with Crippen molar-refractivity contribution in [2.24, 2.45) is 0 Å². The second-order valence-electron chi connectivity index (χ2n) is 1.30. The maximum Gasteiger partial charge on any atom is 0.181 e. The third-order valence-corrected chi connectivity index (χ3v) is 1.15. The number of hydrogen-bond acceptors (Lipinski definition) is 1. The quantitative estimate of drug-likeness (QED) is 0.639. The fourth-order valence-corrected chi connectivity index (χ4v) is 0.725. The summed E-state index contributed by atoms with van der Waals surface area (Å²) in [6, 6.07) is 1.68. The summed E-state index contributed by atoms with van der Waals surface area (Å²) in [5.41, 5.74) is 0. The van der Waals surface area contributed by atoms with Gasteiger partial charge in [0.25, 0.3) is 0 Å². The van der Waals surface area contributed by atoms with Gasteiger partial charge in [-0.3, -0.25) is 0 Å². The summed E-state index contributed by atoms with van der Waals surface area (Å²) >= 11 is 3.07. The standard InChI is InChI=1S/C4H4BrFN2/c5-4-1-2-8(3-6)7-4/h1-2H,3H2. The molecule has 0 aliphatic rings. The van der Waals surface area contributed by atoms with Crippen LogP contribution < -0.4 is 0 Å². The van der Waals surface area contributed by atoms with E-state index in [0.717, 1.165) is 0 Å². The predicted octanol–water partition coefficient (Wildman–Crippen LogP) is 1.57. The van der Waals surface area contributed by atoms with Crippen molar-refractivity contribution in [2.75, 3.05) is 0 Å². The van der Waals surface area contributed by atoms with Crippen molar-refractivity contribution >= 4 is 15.9 Å². The number of hydrogen-bond donors (Lipinski definition) is 0. The van der Waals surface area contributed by atoms with Gasteiger partial charge in [0.2, 0.25) is 0 Å². The molecule has 0 spiro atoms. The van der Waals surface area contributed by atoms with Crippen molar-refractivity contribution in [3.05, 3.63) is 16.9 Å². The molecule has 0 aromatic carbocycles. The smallest absolute Gasteiger partial charge is 0.181 e. The molecule has 0 saturated heterocycles. The van der Waals surface area contributed by atoms with Crippen molar-refractivity contribution in [2.45, 2.75) is 6.80 Å². The second kappa shape index (κ2) is 2.26. The van der Waals surface area contributed by atoms with Crippen LogP contribution >= 0.6 is 15.9 Å². The highest BCUT2D eigenvalue weighted by molar-refractivity contribution is 9.10. The van der Waals surface area contributed by atoms with Crippen LogP contribution in [0.25, 0.3) is 0 Å². The molecular formula is C4H4BrFN2. The maximum atomic E-state index is 11.6. The molecule has 0 aliphatic heterocycles. The van der Waals surface area contributed by atoms with Crippen LogP contribution in [0.5, 0.6) is 0 Å². The second-order valence-corrected chi connectivity index (χ2v) is 2.11. The Morgan fingerprint density at radius 3 is 2.88 bits per heavy atom. The normalized spacial score (nSPS) is 9.75. The Balaban J connectivity index is 2.84. The van der Waals surface area contributed by atoms with E-state index >= 15 is 0 Å². The highest BCUT2D eigenvalue weighted by Crippen LogP contribution is 2.03. The molecule has 0 radical (unpaired) electrons. The zero-order valence-electron chi connectivity index (χ0n) is 4.01. The van der Waals surface area contributed by atoms with Crippen LogP contribution in [0.15, 0.2) is 16.9 Å². The summed E-state index contributed by atoms with van der Waals surface area (Å²) in [6.45, 7) is -0.564. The summed E-state index contributed by atoms with van der Waals surface area (Å²) in [6.07, 6.45) is 1.56. The Hall–Kier alpha value is -0.380. The lowest BCUT2D eigenvalue weighted by Gasteiger charge is -1.85. The number of alkyl halides is 1. The number of halogens is 2. The van der Waals surface area contributed by atoms with Crippen LogP contribution in [0.3, 0.4) is 0 Å². The minimum Gasteiger partial charge on any atom is -0.241 e. The van der Waals surface area contributed by atoms with E-state index in [9.17, 15) is 4.39 Å². The van der Waals surface area contributed by atoms with E-state index in [1.807, 2.05) is 0 Å². The number of rotatable bonds is 1. The molecule has 4 heteroatoms. The highest BCUT2D eigenvalue weighted by Gasteiger charge is 1.89. The number of aromatic nitrogens is 2. The van der Waals surface area contributed by atoms with Crippen molar-refractivity contribution < 1.29 is 4.39 Å². The summed E-state index contributed by atoms with van der Waals surface area (Å²) in [5, 5.41) is 3.69. The third-order valence-electron chi connectivity index (χ3n) is 0.731. The Morgan fingerprint density at radius 1 is 1.88 bits per heavy atom. The third kappa shape index (κ3) is 1.06. The summed E-state index contributed by atoms with van der Waals surface area (Å²) in [5.74, 6) is 0.